The lowest BCUT2D eigenvalue weighted by Gasteiger charge is -2.28. The van der Waals surface area contributed by atoms with Gasteiger partial charge in [0.15, 0.2) is 0 Å². The average Bonchev–Trinajstić information content (AvgIpc) is 2.83. The molecule has 0 N–H and O–H groups in total. The Hall–Kier alpha value is -1.35. The molecule has 1 aromatic carbocycles. The molecule has 0 spiro atoms. The summed E-state index contributed by atoms with van der Waals surface area (Å²) in [7, 11) is 0. The van der Waals surface area contributed by atoms with Crippen molar-refractivity contribution in [2.24, 2.45) is 5.92 Å². The van der Waals surface area contributed by atoms with Crippen LogP contribution in [-0.4, -0.2) is 32.6 Å². The Morgan fingerprint density at radius 1 is 1.33 bits per heavy atom. The lowest BCUT2D eigenvalue weighted by molar-refractivity contribution is 0.0683. The second kappa shape index (κ2) is 5.11. The highest BCUT2D eigenvalue weighted by Gasteiger charge is 2.24. The predicted molar refractivity (Wildman–Crippen MR) is 71.3 cm³/mol. The summed E-state index contributed by atoms with van der Waals surface area (Å²) in [5.74, 6) is 0.740. The van der Waals surface area contributed by atoms with E-state index in [2.05, 4.69) is 11.0 Å². The third-order valence-corrected chi connectivity index (χ3v) is 4.11. The molecule has 18 heavy (non-hydrogen) atoms. The maximum Gasteiger partial charge on any atom is 0.150 e. The van der Waals surface area contributed by atoms with Crippen LogP contribution in [0.1, 0.15) is 28.8 Å². The Morgan fingerprint density at radius 2 is 2.17 bits per heavy atom. The minimum atomic E-state index is 0.740. The van der Waals surface area contributed by atoms with Crippen LogP contribution in [0.25, 0.3) is 0 Å². The number of hydrogen-bond acceptors (Lipinski definition) is 3. The van der Waals surface area contributed by atoms with Gasteiger partial charge in [-0.1, -0.05) is 12.1 Å². The number of carbonyl (C=O) groups excluding carboxylic acids is 1. The number of benzene rings is 1. The highest BCUT2D eigenvalue weighted by Crippen LogP contribution is 2.31. The maximum absolute atomic E-state index is 11.0. The Kier molecular flexibility index (Phi) is 3.33. The molecule has 3 heteroatoms. The molecule has 0 saturated carbocycles. The summed E-state index contributed by atoms with van der Waals surface area (Å²) < 4.78 is 5.41. The fourth-order valence-corrected chi connectivity index (χ4v) is 3.07. The van der Waals surface area contributed by atoms with Gasteiger partial charge in [0.1, 0.15) is 6.29 Å². The molecule has 2 aliphatic heterocycles. The molecule has 1 aromatic rings. The van der Waals surface area contributed by atoms with Crippen LogP contribution in [-0.2, 0) is 11.2 Å². The minimum absolute atomic E-state index is 0.740. The average molecular weight is 245 g/mol. The number of anilines is 1. The van der Waals surface area contributed by atoms with Crippen LogP contribution in [0.5, 0.6) is 0 Å². The first kappa shape index (κ1) is 11.7. The van der Waals surface area contributed by atoms with Gasteiger partial charge in [0.2, 0.25) is 0 Å². The number of aldehydes is 1. The van der Waals surface area contributed by atoms with Gasteiger partial charge < -0.3 is 9.64 Å². The summed E-state index contributed by atoms with van der Waals surface area (Å²) in [6.07, 6.45) is 4.32. The normalized spacial score (nSPS) is 19.9. The highest BCUT2D eigenvalue weighted by molar-refractivity contribution is 5.82. The number of nitrogens with zero attached hydrogens (tertiary/aromatic N) is 1. The van der Waals surface area contributed by atoms with E-state index >= 15 is 0 Å². The van der Waals surface area contributed by atoms with Gasteiger partial charge in [-0.3, -0.25) is 4.79 Å². The number of carbonyl (C=O) groups is 1. The lowest BCUT2D eigenvalue weighted by atomic mass is 9.99. The van der Waals surface area contributed by atoms with Crippen LogP contribution in [0, 0.1) is 5.92 Å². The van der Waals surface area contributed by atoms with Gasteiger partial charge in [-0.2, -0.15) is 0 Å². The highest BCUT2D eigenvalue weighted by atomic mass is 16.5. The summed E-state index contributed by atoms with van der Waals surface area (Å²) in [6, 6.07) is 6.06. The summed E-state index contributed by atoms with van der Waals surface area (Å²) in [6.45, 7) is 3.97. The molecule has 2 heterocycles. The quantitative estimate of drug-likeness (QED) is 0.765. The minimum Gasteiger partial charge on any atom is -0.381 e. The van der Waals surface area contributed by atoms with Crippen molar-refractivity contribution in [1.29, 1.82) is 0 Å². The second-order valence-electron chi connectivity index (χ2n) is 5.21. The van der Waals surface area contributed by atoms with E-state index in [1.54, 1.807) is 0 Å². The van der Waals surface area contributed by atoms with Crippen molar-refractivity contribution in [3.8, 4) is 0 Å². The van der Waals surface area contributed by atoms with E-state index in [9.17, 15) is 4.79 Å². The third-order valence-electron chi connectivity index (χ3n) is 4.11. The molecular formula is C15H19NO2. The molecule has 0 atom stereocenters. The summed E-state index contributed by atoms with van der Waals surface area (Å²) in [5.41, 5.74) is 3.37. The van der Waals surface area contributed by atoms with E-state index in [0.29, 0.717) is 0 Å². The topological polar surface area (TPSA) is 29.5 Å². The number of rotatable bonds is 3. The van der Waals surface area contributed by atoms with E-state index in [4.69, 9.17) is 4.74 Å². The lowest BCUT2D eigenvalue weighted by Crippen LogP contribution is -2.31. The largest absolute Gasteiger partial charge is 0.381 e. The van der Waals surface area contributed by atoms with Crippen molar-refractivity contribution < 1.29 is 9.53 Å². The molecule has 2 aliphatic rings. The molecule has 96 valence electrons. The van der Waals surface area contributed by atoms with E-state index < -0.39 is 0 Å². The predicted octanol–water partition coefficient (Wildman–Crippen LogP) is 2.29. The first-order valence-electron chi connectivity index (χ1n) is 6.78. The van der Waals surface area contributed by atoms with Crippen molar-refractivity contribution in [3.63, 3.8) is 0 Å². The van der Waals surface area contributed by atoms with E-state index in [0.717, 1.165) is 50.5 Å². The SMILES string of the molecule is O=Cc1cccc2c1CCN2CC1CCOCC1. The molecule has 1 saturated heterocycles. The fourth-order valence-electron chi connectivity index (χ4n) is 3.07. The summed E-state index contributed by atoms with van der Waals surface area (Å²) >= 11 is 0. The van der Waals surface area contributed by atoms with Crippen molar-refractivity contribution in [1.82, 2.24) is 0 Å². The molecule has 0 bridgehead atoms. The standard InChI is InChI=1S/C15H19NO2/c17-11-13-2-1-3-15-14(13)4-7-16(15)10-12-5-8-18-9-6-12/h1-3,11-12H,4-10H2. The van der Waals surface area contributed by atoms with Gasteiger partial charge in [0.25, 0.3) is 0 Å². The van der Waals surface area contributed by atoms with Crippen molar-refractivity contribution >= 4 is 12.0 Å². The van der Waals surface area contributed by atoms with Crippen molar-refractivity contribution in [2.45, 2.75) is 19.3 Å². The van der Waals surface area contributed by atoms with E-state index in [-0.39, 0.29) is 0 Å². The van der Waals surface area contributed by atoms with Crippen LogP contribution < -0.4 is 4.90 Å². The fraction of sp³-hybridized carbons (Fsp3) is 0.533. The maximum atomic E-state index is 11.0. The van der Waals surface area contributed by atoms with E-state index in [1.165, 1.54) is 24.1 Å². The Balaban J connectivity index is 1.75. The van der Waals surface area contributed by atoms with Crippen LogP contribution in [0.4, 0.5) is 5.69 Å². The Labute approximate surface area is 108 Å². The van der Waals surface area contributed by atoms with Gasteiger partial charge in [0, 0.05) is 37.6 Å². The molecule has 0 aromatic heterocycles. The number of hydrogen-bond donors (Lipinski definition) is 0. The molecule has 3 rings (SSSR count). The van der Waals surface area contributed by atoms with Gasteiger partial charge in [0.05, 0.1) is 0 Å². The zero-order valence-electron chi connectivity index (χ0n) is 10.6. The van der Waals surface area contributed by atoms with Crippen LogP contribution >= 0.6 is 0 Å². The van der Waals surface area contributed by atoms with Gasteiger partial charge in [-0.05, 0) is 36.8 Å². The first-order valence-corrected chi connectivity index (χ1v) is 6.78. The summed E-state index contributed by atoms with van der Waals surface area (Å²) in [5, 5.41) is 0. The Morgan fingerprint density at radius 3 is 2.94 bits per heavy atom. The van der Waals surface area contributed by atoms with Crippen LogP contribution in [0.3, 0.4) is 0 Å². The monoisotopic (exact) mass is 245 g/mol. The van der Waals surface area contributed by atoms with Gasteiger partial charge in [-0.15, -0.1) is 0 Å². The van der Waals surface area contributed by atoms with Crippen LogP contribution in [0.2, 0.25) is 0 Å². The van der Waals surface area contributed by atoms with Gasteiger partial charge >= 0.3 is 0 Å². The van der Waals surface area contributed by atoms with Crippen molar-refractivity contribution in [3.05, 3.63) is 29.3 Å². The molecule has 0 aliphatic carbocycles. The Bertz CT molecular complexity index is 438. The summed E-state index contributed by atoms with van der Waals surface area (Å²) in [4.78, 5) is 13.5. The van der Waals surface area contributed by atoms with E-state index in [1.807, 2.05) is 12.1 Å². The smallest absolute Gasteiger partial charge is 0.150 e. The van der Waals surface area contributed by atoms with Crippen molar-refractivity contribution in [2.75, 3.05) is 31.2 Å². The molecule has 0 unspecified atom stereocenters. The zero-order chi connectivity index (χ0) is 12.4. The molecule has 0 amide bonds. The van der Waals surface area contributed by atoms with Crippen LogP contribution in [0.15, 0.2) is 18.2 Å². The zero-order valence-corrected chi connectivity index (χ0v) is 10.6. The molecule has 0 radical (unpaired) electrons. The second-order valence-corrected chi connectivity index (χ2v) is 5.21. The number of ether oxygens (including phenoxy) is 1. The molecular weight excluding hydrogens is 226 g/mol. The number of fused-ring (bicyclic) bond motifs is 1. The molecule has 1 fully saturated rings. The van der Waals surface area contributed by atoms with Gasteiger partial charge in [-0.25, -0.2) is 0 Å². The third kappa shape index (κ3) is 2.15. The first-order chi connectivity index (χ1) is 8.88. The molecule has 3 nitrogen and oxygen atoms in total.